The van der Waals surface area contributed by atoms with Crippen LogP contribution in [-0.2, 0) is 6.54 Å². The number of nitrogens with one attached hydrogen (secondary N) is 1. The normalized spacial score (nSPS) is 25.2. The molecule has 0 amide bonds. The molecule has 4 heteroatoms. The van der Waals surface area contributed by atoms with E-state index in [1.807, 2.05) is 20.8 Å². The highest BCUT2D eigenvalue weighted by Gasteiger charge is 2.41. The standard InChI is InChI=1S/C26H41N3O.C2H6/c1-6-23-19(3)25(24(27)16-26(23,5)30)29(17-21-14-12-18(2)13-15-21)20(4)28-22-10-8-7-9-11-22;1-2/h12-15,20,22-23,28,30H,3,6-11,16-17,27H2,1-2,4-5H3;1-2H3. The molecule has 1 aromatic carbocycles. The summed E-state index contributed by atoms with van der Waals surface area (Å²) in [6.07, 6.45) is 7.92. The van der Waals surface area contributed by atoms with Crippen LogP contribution < -0.4 is 11.1 Å². The number of nitrogens with zero attached hydrogens (tertiary/aromatic N) is 1. The number of allylic oxidation sites excluding steroid dienone is 1. The molecule has 2 aliphatic rings. The van der Waals surface area contributed by atoms with E-state index in [-0.39, 0.29) is 12.1 Å². The van der Waals surface area contributed by atoms with Crippen LogP contribution in [-0.4, -0.2) is 27.8 Å². The first kappa shape index (κ1) is 26.5. The molecule has 3 atom stereocenters. The van der Waals surface area contributed by atoms with Crippen LogP contribution in [0.4, 0.5) is 0 Å². The minimum Gasteiger partial charge on any atom is -0.400 e. The van der Waals surface area contributed by atoms with Crippen molar-refractivity contribution in [1.82, 2.24) is 10.2 Å². The summed E-state index contributed by atoms with van der Waals surface area (Å²) < 4.78 is 0. The van der Waals surface area contributed by atoms with Gasteiger partial charge in [-0.1, -0.05) is 76.4 Å². The number of aryl methyl sites for hydroxylation is 1. The van der Waals surface area contributed by atoms with Crippen molar-refractivity contribution in [3.05, 3.63) is 58.9 Å². The number of rotatable bonds is 7. The van der Waals surface area contributed by atoms with Gasteiger partial charge < -0.3 is 15.7 Å². The summed E-state index contributed by atoms with van der Waals surface area (Å²) in [5, 5.41) is 14.9. The van der Waals surface area contributed by atoms with Crippen LogP contribution in [0.5, 0.6) is 0 Å². The second-order valence-corrected chi connectivity index (χ2v) is 9.68. The van der Waals surface area contributed by atoms with Crippen LogP contribution in [0.15, 0.2) is 47.8 Å². The van der Waals surface area contributed by atoms with E-state index in [4.69, 9.17) is 5.73 Å². The summed E-state index contributed by atoms with van der Waals surface area (Å²) in [5.41, 5.74) is 11.0. The molecule has 3 unspecified atom stereocenters. The molecule has 0 spiro atoms. The van der Waals surface area contributed by atoms with Gasteiger partial charge in [-0.2, -0.15) is 0 Å². The molecule has 180 valence electrons. The first-order valence-electron chi connectivity index (χ1n) is 12.7. The van der Waals surface area contributed by atoms with Crippen molar-refractivity contribution >= 4 is 0 Å². The van der Waals surface area contributed by atoms with E-state index in [9.17, 15) is 5.11 Å². The van der Waals surface area contributed by atoms with Crippen LogP contribution >= 0.6 is 0 Å². The highest BCUT2D eigenvalue weighted by Crippen LogP contribution is 2.42. The molecule has 2 aliphatic carbocycles. The number of aliphatic hydroxyl groups is 1. The van der Waals surface area contributed by atoms with E-state index in [0.717, 1.165) is 29.9 Å². The Labute approximate surface area is 197 Å². The van der Waals surface area contributed by atoms with Crippen molar-refractivity contribution in [1.29, 1.82) is 0 Å². The number of hydrogen-bond donors (Lipinski definition) is 3. The second kappa shape index (κ2) is 11.9. The van der Waals surface area contributed by atoms with E-state index in [2.05, 4.69) is 61.8 Å². The Kier molecular flexibility index (Phi) is 9.84. The number of benzene rings is 1. The average Bonchev–Trinajstić information content (AvgIpc) is 2.76. The van der Waals surface area contributed by atoms with Gasteiger partial charge in [-0.3, -0.25) is 5.32 Å². The summed E-state index contributed by atoms with van der Waals surface area (Å²) in [5.74, 6) is 0.0159. The van der Waals surface area contributed by atoms with E-state index in [1.54, 1.807) is 0 Å². The van der Waals surface area contributed by atoms with E-state index < -0.39 is 5.60 Å². The molecule has 1 saturated carbocycles. The third kappa shape index (κ3) is 6.39. The van der Waals surface area contributed by atoms with E-state index >= 15 is 0 Å². The molecule has 32 heavy (non-hydrogen) atoms. The molecule has 4 N–H and O–H groups in total. The van der Waals surface area contributed by atoms with Crippen LogP contribution in [0.1, 0.15) is 90.7 Å². The molecular formula is C28H47N3O. The lowest BCUT2D eigenvalue weighted by Gasteiger charge is -2.45. The summed E-state index contributed by atoms with van der Waals surface area (Å²) in [4.78, 5) is 2.38. The second-order valence-electron chi connectivity index (χ2n) is 9.68. The molecule has 3 rings (SSSR count). The van der Waals surface area contributed by atoms with Gasteiger partial charge >= 0.3 is 0 Å². The molecule has 0 aromatic heterocycles. The zero-order valence-corrected chi connectivity index (χ0v) is 21.4. The lowest BCUT2D eigenvalue weighted by molar-refractivity contribution is 0.00384. The average molecular weight is 442 g/mol. The third-order valence-electron chi connectivity index (χ3n) is 7.05. The van der Waals surface area contributed by atoms with Crippen LogP contribution in [0, 0.1) is 12.8 Å². The quantitative estimate of drug-likeness (QED) is 0.454. The van der Waals surface area contributed by atoms with Crippen molar-refractivity contribution in [2.45, 2.75) is 111 Å². The summed E-state index contributed by atoms with van der Waals surface area (Å²) in [6.45, 7) is 17.6. The Morgan fingerprint density at radius 2 is 1.78 bits per heavy atom. The van der Waals surface area contributed by atoms with Crippen molar-refractivity contribution in [2.24, 2.45) is 11.7 Å². The first-order chi connectivity index (χ1) is 15.2. The smallest absolute Gasteiger partial charge is 0.0773 e. The fourth-order valence-electron chi connectivity index (χ4n) is 5.39. The molecule has 4 nitrogen and oxygen atoms in total. The molecule has 0 heterocycles. The number of hydrogen-bond acceptors (Lipinski definition) is 4. The summed E-state index contributed by atoms with van der Waals surface area (Å²) >= 11 is 0. The zero-order valence-electron chi connectivity index (χ0n) is 21.4. The Morgan fingerprint density at radius 1 is 1.19 bits per heavy atom. The van der Waals surface area contributed by atoms with Crippen molar-refractivity contribution < 1.29 is 5.11 Å². The predicted octanol–water partition coefficient (Wildman–Crippen LogP) is 6.00. The summed E-state index contributed by atoms with van der Waals surface area (Å²) in [7, 11) is 0. The highest BCUT2D eigenvalue weighted by molar-refractivity contribution is 5.40. The molecular weight excluding hydrogens is 394 g/mol. The minimum atomic E-state index is -0.838. The van der Waals surface area contributed by atoms with Gasteiger partial charge in [0.25, 0.3) is 0 Å². The molecule has 0 radical (unpaired) electrons. The van der Waals surface area contributed by atoms with Crippen LogP contribution in [0.2, 0.25) is 0 Å². The van der Waals surface area contributed by atoms with Crippen LogP contribution in [0.3, 0.4) is 0 Å². The first-order valence-corrected chi connectivity index (χ1v) is 12.7. The van der Waals surface area contributed by atoms with Gasteiger partial charge in [0.1, 0.15) is 0 Å². The van der Waals surface area contributed by atoms with Gasteiger partial charge in [0, 0.05) is 30.6 Å². The topological polar surface area (TPSA) is 61.5 Å². The number of nitrogens with two attached hydrogens (primary N) is 1. The molecule has 1 aromatic rings. The lowest BCUT2D eigenvalue weighted by atomic mass is 9.73. The van der Waals surface area contributed by atoms with Gasteiger partial charge in [-0.05, 0) is 51.2 Å². The fourth-order valence-corrected chi connectivity index (χ4v) is 5.39. The largest absolute Gasteiger partial charge is 0.400 e. The molecule has 0 aliphatic heterocycles. The van der Waals surface area contributed by atoms with Crippen molar-refractivity contribution in [3.8, 4) is 0 Å². The lowest BCUT2D eigenvalue weighted by Crippen LogP contribution is -2.51. The highest BCUT2D eigenvalue weighted by atomic mass is 16.3. The maximum absolute atomic E-state index is 11.0. The van der Waals surface area contributed by atoms with E-state index in [0.29, 0.717) is 12.5 Å². The van der Waals surface area contributed by atoms with Crippen molar-refractivity contribution in [3.63, 3.8) is 0 Å². The fraction of sp³-hybridized carbons (Fsp3) is 0.643. The summed E-state index contributed by atoms with van der Waals surface area (Å²) in [6, 6.07) is 9.29. The monoisotopic (exact) mass is 441 g/mol. The van der Waals surface area contributed by atoms with Crippen LogP contribution in [0.25, 0.3) is 0 Å². The van der Waals surface area contributed by atoms with Gasteiger partial charge in [-0.15, -0.1) is 0 Å². The van der Waals surface area contributed by atoms with Gasteiger partial charge in [0.2, 0.25) is 0 Å². The predicted molar refractivity (Wildman–Crippen MR) is 137 cm³/mol. The molecule has 0 saturated heterocycles. The van der Waals surface area contributed by atoms with Gasteiger partial charge in [0.05, 0.1) is 17.5 Å². The maximum Gasteiger partial charge on any atom is 0.0773 e. The van der Waals surface area contributed by atoms with E-state index in [1.165, 1.54) is 43.2 Å². The molecule has 0 bridgehead atoms. The maximum atomic E-state index is 11.0. The SMILES string of the molecule is C=C1C(N(Cc2ccc(C)cc2)C(C)NC2CCCCC2)=C(N)CC(C)(O)C1CC.CC. The third-order valence-corrected chi connectivity index (χ3v) is 7.05. The molecule has 1 fully saturated rings. The Morgan fingerprint density at radius 3 is 2.34 bits per heavy atom. The Balaban J connectivity index is 0.00000176. The zero-order chi connectivity index (χ0) is 23.9. The van der Waals surface area contributed by atoms with Crippen molar-refractivity contribution in [2.75, 3.05) is 0 Å². The Bertz CT molecular complexity index is 759. The van der Waals surface area contributed by atoms with Gasteiger partial charge in [0.15, 0.2) is 0 Å². The van der Waals surface area contributed by atoms with Gasteiger partial charge in [-0.25, -0.2) is 0 Å². The Hall–Kier alpha value is -1.78. The minimum absolute atomic E-state index is 0.0159.